The van der Waals surface area contributed by atoms with Gasteiger partial charge in [0.15, 0.2) is 0 Å². The number of nitrogens with two attached hydrogens (primary N) is 1. The van der Waals surface area contributed by atoms with Gasteiger partial charge in [-0.15, -0.1) is 0 Å². The first-order valence-electron chi connectivity index (χ1n) is 7.77. The van der Waals surface area contributed by atoms with Gasteiger partial charge in [-0.05, 0) is 66.3 Å². The molecule has 3 N–H and O–H groups in total. The molecule has 120 valence electrons. The highest BCUT2D eigenvalue weighted by Crippen LogP contribution is 2.21. The van der Waals surface area contributed by atoms with Crippen LogP contribution in [-0.2, 0) is 0 Å². The summed E-state index contributed by atoms with van der Waals surface area (Å²) < 4.78 is 5.59. The first kappa shape index (κ1) is 17.6. The minimum Gasteiger partial charge on any atom is -0.473 e. The maximum absolute atomic E-state index is 5.85. The number of aromatic nitrogens is 1. The van der Waals surface area contributed by atoms with Gasteiger partial charge in [0, 0.05) is 12.6 Å². The zero-order valence-corrected chi connectivity index (χ0v) is 14.0. The summed E-state index contributed by atoms with van der Waals surface area (Å²) in [6.45, 7) is 10.4. The Morgan fingerprint density at radius 2 is 1.95 bits per heavy atom. The van der Waals surface area contributed by atoms with E-state index in [-0.39, 0.29) is 6.10 Å². The van der Waals surface area contributed by atoms with E-state index < -0.39 is 0 Å². The van der Waals surface area contributed by atoms with E-state index in [4.69, 9.17) is 10.5 Å². The van der Waals surface area contributed by atoms with Gasteiger partial charge in [0.1, 0.15) is 5.82 Å². The number of hydrogen-bond donors (Lipinski definition) is 2. The van der Waals surface area contributed by atoms with E-state index in [9.17, 15) is 0 Å². The molecule has 0 unspecified atom stereocenters. The van der Waals surface area contributed by atoms with E-state index in [2.05, 4.69) is 36.1 Å². The Balaban J connectivity index is 2.35. The molecule has 0 aromatic carbocycles. The highest BCUT2D eigenvalue weighted by atomic mass is 16.5. The van der Waals surface area contributed by atoms with Crippen LogP contribution in [0, 0.1) is 0 Å². The van der Waals surface area contributed by atoms with Gasteiger partial charge in [-0.25, -0.2) is 0 Å². The zero-order chi connectivity index (χ0) is 15.8. The number of nitrogens with one attached hydrogen (secondary N) is 1. The molecule has 0 aliphatic heterocycles. The number of pyridine rings is 1. The van der Waals surface area contributed by atoms with E-state index in [1.807, 2.05) is 26.0 Å². The first-order valence-corrected chi connectivity index (χ1v) is 7.77. The van der Waals surface area contributed by atoms with E-state index in [0.717, 1.165) is 25.3 Å². The molecule has 0 spiro atoms. The molecule has 0 atom stereocenters. The molecule has 0 saturated heterocycles. The second kappa shape index (κ2) is 8.72. The fourth-order valence-electron chi connectivity index (χ4n) is 1.83. The summed E-state index contributed by atoms with van der Waals surface area (Å²) in [5.41, 5.74) is 6.43. The third-order valence-corrected chi connectivity index (χ3v) is 3.36. The quantitative estimate of drug-likeness (QED) is 0.686. The number of hydrogen-bond acceptors (Lipinski definition) is 5. The van der Waals surface area contributed by atoms with Crippen LogP contribution in [0.5, 0.6) is 5.88 Å². The molecule has 5 heteroatoms. The molecule has 0 bridgehead atoms. The number of rotatable bonds is 9. The van der Waals surface area contributed by atoms with Gasteiger partial charge < -0.3 is 20.7 Å². The molecular weight excluding hydrogens is 264 g/mol. The van der Waals surface area contributed by atoms with Crippen molar-refractivity contribution in [3.63, 3.8) is 0 Å². The van der Waals surface area contributed by atoms with Crippen molar-refractivity contribution in [2.75, 3.05) is 31.2 Å². The predicted octanol–water partition coefficient (Wildman–Crippen LogP) is 2.98. The van der Waals surface area contributed by atoms with Gasteiger partial charge in [-0.2, -0.15) is 4.98 Å². The van der Waals surface area contributed by atoms with Crippen LogP contribution in [0.15, 0.2) is 12.1 Å². The van der Waals surface area contributed by atoms with E-state index in [1.165, 1.54) is 6.42 Å². The molecule has 1 rings (SSSR count). The Hall–Kier alpha value is -1.49. The van der Waals surface area contributed by atoms with Crippen LogP contribution < -0.4 is 15.8 Å². The summed E-state index contributed by atoms with van der Waals surface area (Å²) in [5.74, 6) is 1.33. The fourth-order valence-corrected chi connectivity index (χ4v) is 1.83. The van der Waals surface area contributed by atoms with Crippen molar-refractivity contribution in [3.8, 4) is 5.88 Å². The lowest BCUT2D eigenvalue weighted by molar-refractivity contribution is 0.234. The molecule has 1 aromatic heterocycles. The summed E-state index contributed by atoms with van der Waals surface area (Å²) in [6.07, 6.45) is 2.36. The van der Waals surface area contributed by atoms with Crippen molar-refractivity contribution in [2.45, 2.75) is 52.7 Å². The highest BCUT2D eigenvalue weighted by Gasteiger charge is 2.06. The van der Waals surface area contributed by atoms with Gasteiger partial charge >= 0.3 is 0 Å². The molecule has 5 nitrogen and oxygen atoms in total. The summed E-state index contributed by atoms with van der Waals surface area (Å²) in [7, 11) is 2.16. The van der Waals surface area contributed by atoms with Crippen molar-refractivity contribution in [3.05, 3.63) is 12.1 Å². The standard InChI is InChI=1S/C16H30N4O/c1-12(2)20(5)11-7-6-10-18-15-9-8-14(17)16(19-15)21-13(3)4/h8-9,12-13H,6-7,10-11,17H2,1-5H3,(H,18,19). The van der Waals surface area contributed by atoms with Gasteiger partial charge in [0.2, 0.25) is 5.88 Å². The smallest absolute Gasteiger partial charge is 0.239 e. The SMILES string of the molecule is CC(C)Oc1nc(NCCCCN(C)C(C)C)ccc1N. The average molecular weight is 294 g/mol. The Morgan fingerprint density at radius 3 is 2.57 bits per heavy atom. The van der Waals surface area contributed by atoms with Crippen molar-refractivity contribution in [2.24, 2.45) is 0 Å². The molecular formula is C16H30N4O. The number of anilines is 2. The van der Waals surface area contributed by atoms with Crippen LogP contribution in [0.3, 0.4) is 0 Å². The molecule has 0 radical (unpaired) electrons. The summed E-state index contributed by atoms with van der Waals surface area (Å²) >= 11 is 0. The van der Waals surface area contributed by atoms with E-state index >= 15 is 0 Å². The van der Waals surface area contributed by atoms with Gasteiger partial charge in [-0.1, -0.05) is 0 Å². The maximum atomic E-state index is 5.85. The first-order chi connectivity index (χ1) is 9.90. The lowest BCUT2D eigenvalue weighted by atomic mass is 10.2. The molecule has 0 aliphatic carbocycles. The van der Waals surface area contributed by atoms with Crippen molar-refractivity contribution in [1.82, 2.24) is 9.88 Å². The summed E-state index contributed by atoms with van der Waals surface area (Å²) in [5, 5.41) is 3.32. The normalized spacial score (nSPS) is 11.4. The molecule has 21 heavy (non-hydrogen) atoms. The topological polar surface area (TPSA) is 63.4 Å². The summed E-state index contributed by atoms with van der Waals surface area (Å²) in [6, 6.07) is 4.33. The Kier molecular flexibility index (Phi) is 7.29. The number of ether oxygens (including phenoxy) is 1. The molecule has 0 aliphatic rings. The Bertz CT molecular complexity index is 421. The van der Waals surface area contributed by atoms with Crippen LogP contribution in [0.2, 0.25) is 0 Å². The van der Waals surface area contributed by atoms with Gasteiger partial charge in [-0.3, -0.25) is 0 Å². The van der Waals surface area contributed by atoms with E-state index in [1.54, 1.807) is 0 Å². The van der Waals surface area contributed by atoms with Crippen LogP contribution in [0.25, 0.3) is 0 Å². The maximum Gasteiger partial charge on any atom is 0.239 e. The lowest BCUT2D eigenvalue weighted by Gasteiger charge is -2.20. The number of nitrogen functional groups attached to an aromatic ring is 1. The fraction of sp³-hybridized carbons (Fsp3) is 0.688. The number of nitrogens with zero attached hydrogens (tertiary/aromatic N) is 2. The average Bonchev–Trinajstić information content (AvgIpc) is 2.41. The Labute approximate surface area is 128 Å². The Morgan fingerprint density at radius 1 is 1.24 bits per heavy atom. The second-order valence-electron chi connectivity index (χ2n) is 5.97. The predicted molar refractivity (Wildman–Crippen MR) is 89.9 cm³/mol. The minimum atomic E-state index is 0.0709. The molecule has 1 aromatic rings. The van der Waals surface area contributed by atoms with Gasteiger partial charge in [0.25, 0.3) is 0 Å². The van der Waals surface area contributed by atoms with Gasteiger partial charge in [0.05, 0.1) is 11.8 Å². The molecule has 0 fully saturated rings. The van der Waals surface area contributed by atoms with Crippen LogP contribution in [-0.4, -0.2) is 42.2 Å². The van der Waals surface area contributed by atoms with Crippen molar-refractivity contribution >= 4 is 11.5 Å². The second-order valence-corrected chi connectivity index (χ2v) is 5.97. The minimum absolute atomic E-state index is 0.0709. The van der Waals surface area contributed by atoms with Crippen LogP contribution >= 0.6 is 0 Å². The van der Waals surface area contributed by atoms with Crippen LogP contribution in [0.4, 0.5) is 11.5 Å². The third-order valence-electron chi connectivity index (χ3n) is 3.36. The molecule has 0 saturated carbocycles. The summed E-state index contributed by atoms with van der Waals surface area (Å²) in [4.78, 5) is 6.76. The van der Waals surface area contributed by atoms with Crippen molar-refractivity contribution < 1.29 is 4.74 Å². The molecule has 1 heterocycles. The lowest BCUT2D eigenvalue weighted by Crippen LogP contribution is -2.27. The number of unbranched alkanes of at least 4 members (excludes halogenated alkanes) is 1. The van der Waals surface area contributed by atoms with Crippen LogP contribution in [0.1, 0.15) is 40.5 Å². The zero-order valence-electron chi connectivity index (χ0n) is 14.0. The largest absolute Gasteiger partial charge is 0.473 e. The van der Waals surface area contributed by atoms with E-state index in [0.29, 0.717) is 17.6 Å². The van der Waals surface area contributed by atoms with Crippen molar-refractivity contribution in [1.29, 1.82) is 0 Å². The monoisotopic (exact) mass is 294 g/mol. The molecule has 0 amide bonds. The third kappa shape index (κ3) is 6.67. The highest BCUT2D eigenvalue weighted by molar-refractivity contribution is 5.53.